The quantitative estimate of drug-likeness (QED) is 0.859. The van der Waals surface area contributed by atoms with Crippen molar-refractivity contribution in [3.63, 3.8) is 0 Å². The third-order valence-corrected chi connectivity index (χ3v) is 2.55. The summed E-state index contributed by atoms with van der Waals surface area (Å²) in [5, 5.41) is 13.1. The van der Waals surface area contributed by atoms with E-state index in [1.54, 1.807) is 36.2 Å². The van der Waals surface area contributed by atoms with Crippen molar-refractivity contribution in [2.75, 3.05) is 7.05 Å². The fourth-order valence-electron chi connectivity index (χ4n) is 1.54. The summed E-state index contributed by atoms with van der Waals surface area (Å²) in [7, 11) is 1.73. The zero-order chi connectivity index (χ0) is 13.0. The average Bonchev–Trinajstić information content (AvgIpc) is 2.85. The summed E-state index contributed by atoms with van der Waals surface area (Å²) in [6.45, 7) is 0.669. The average molecular weight is 246 g/mol. The predicted molar refractivity (Wildman–Crippen MR) is 64.6 cm³/mol. The highest BCUT2D eigenvalue weighted by atomic mass is 16.3. The van der Waals surface area contributed by atoms with Gasteiger partial charge in [-0.1, -0.05) is 12.1 Å². The number of carbonyl (C=O) groups excluding carboxylic acids is 1. The van der Waals surface area contributed by atoms with Crippen molar-refractivity contribution in [2.45, 2.75) is 13.1 Å². The van der Waals surface area contributed by atoms with Crippen LogP contribution < -0.4 is 0 Å². The number of carbonyl (C=O) groups is 1. The van der Waals surface area contributed by atoms with Crippen LogP contribution in [-0.4, -0.2) is 37.7 Å². The Hall–Kier alpha value is -2.37. The van der Waals surface area contributed by atoms with Gasteiger partial charge in [-0.25, -0.2) is 9.67 Å². The molecule has 2 rings (SSSR count). The van der Waals surface area contributed by atoms with Gasteiger partial charge in [-0.15, -0.1) is 0 Å². The number of phenols is 1. The third-order valence-electron chi connectivity index (χ3n) is 2.55. The Labute approximate surface area is 104 Å². The van der Waals surface area contributed by atoms with Gasteiger partial charge in [-0.05, 0) is 17.7 Å². The second-order valence-corrected chi connectivity index (χ2v) is 4.01. The maximum Gasteiger partial charge on any atom is 0.244 e. The minimum atomic E-state index is -0.0476. The molecular weight excluding hydrogens is 232 g/mol. The van der Waals surface area contributed by atoms with E-state index in [9.17, 15) is 9.90 Å². The molecule has 1 heterocycles. The molecule has 94 valence electrons. The number of aromatic hydroxyl groups is 1. The Morgan fingerprint density at radius 1 is 1.39 bits per heavy atom. The molecule has 0 atom stereocenters. The molecule has 1 aromatic heterocycles. The molecule has 1 aromatic carbocycles. The maximum absolute atomic E-state index is 11.9. The number of phenolic OH excluding ortho intramolecular Hbond substituents is 1. The highest BCUT2D eigenvalue weighted by Gasteiger charge is 2.10. The number of rotatable bonds is 4. The lowest BCUT2D eigenvalue weighted by Gasteiger charge is -2.17. The van der Waals surface area contributed by atoms with E-state index in [4.69, 9.17) is 0 Å². The van der Waals surface area contributed by atoms with E-state index in [1.165, 1.54) is 17.3 Å². The third kappa shape index (κ3) is 3.07. The van der Waals surface area contributed by atoms with Crippen molar-refractivity contribution in [2.24, 2.45) is 0 Å². The number of aromatic nitrogens is 3. The van der Waals surface area contributed by atoms with E-state index in [0.29, 0.717) is 6.54 Å². The smallest absolute Gasteiger partial charge is 0.244 e. The first-order chi connectivity index (χ1) is 8.65. The Morgan fingerprint density at radius 3 is 2.72 bits per heavy atom. The largest absolute Gasteiger partial charge is 0.508 e. The van der Waals surface area contributed by atoms with Crippen LogP contribution in [0, 0.1) is 0 Å². The van der Waals surface area contributed by atoms with Gasteiger partial charge in [0.15, 0.2) is 0 Å². The van der Waals surface area contributed by atoms with Crippen molar-refractivity contribution < 1.29 is 9.90 Å². The number of likely N-dealkylation sites (N-methyl/N-ethyl adjacent to an activating group) is 1. The molecule has 0 spiro atoms. The van der Waals surface area contributed by atoms with E-state index in [0.717, 1.165) is 5.56 Å². The predicted octanol–water partition coefficient (Wildman–Crippen LogP) is 0.642. The monoisotopic (exact) mass is 246 g/mol. The zero-order valence-corrected chi connectivity index (χ0v) is 10.0. The summed E-state index contributed by atoms with van der Waals surface area (Å²) < 4.78 is 1.48. The minimum Gasteiger partial charge on any atom is -0.508 e. The molecule has 1 N–H and O–H groups in total. The lowest BCUT2D eigenvalue weighted by molar-refractivity contribution is -0.131. The highest BCUT2D eigenvalue weighted by Crippen LogP contribution is 2.11. The van der Waals surface area contributed by atoms with Crippen LogP contribution in [0.1, 0.15) is 5.56 Å². The molecule has 6 heteroatoms. The molecule has 18 heavy (non-hydrogen) atoms. The van der Waals surface area contributed by atoms with E-state index in [-0.39, 0.29) is 18.2 Å². The molecule has 2 aromatic rings. The van der Waals surface area contributed by atoms with Gasteiger partial charge in [0.1, 0.15) is 24.9 Å². The Bertz CT molecular complexity index is 507. The maximum atomic E-state index is 11.9. The van der Waals surface area contributed by atoms with Crippen LogP contribution in [0.2, 0.25) is 0 Å². The number of hydrogen-bond acceptors (Lipinski definition) is 4. The fourth-order valence-corrected chi connectivity index (χ4v) is 1.54. The van der Waals surface area contributed by atoms with Gasteiger partial charge >= 0.3 is 0 Å². The molecule has 6 nitrogen and oxygen atoms in total. The number of hydrogen-bond donors (Lipinski definition) is 1. The standard InChI is InChI=1S/C12H14N4O2/c1-15(6-10-2-4-11(17)5-3-10)12(18)7-16-9-13-8-14-16/h2-5,8-9,17H,6-7H2,1H3. The normalized spacial score (nSPS) is 10.3. The molecule has 0 unspecified atom stereocenters. The summed E-state index contributed by atoms with van der Waals surface area (Å²) in [6, 6.07) is 6.78. The van der Waals surface area contributed by atoms with Crippen LogP contribution in [0.5, 0.6) is 5.75 Å². The van der Waals surface area contributed by atoms with Crippen molar-refractivity contribution in [1.82, 2.24) is 19.7 Å². The fraction of sp³-hybridized carbons (Fsp3) is 0.250. The topological polar surface area (TPSA) is 71.2 Å². The summed E-state index contributed by atoms with van der Waals surface area (Å²) >= 11 is 0. The Kier molecular flexibility index (Phi) is 3.57. The van der Waals surface area contributed by atoms with E-state index >= 15 is 0 Å². The van der Waals surface area contributed by atoms with Gasteiger partial charge in [0.05, 0.1) is 0 Å². The molecule has 1 amide bonds. The molecule has 0 aliphatic heterocycles. The molecule has 0 aliphatic carbocycles. The molecule has 0 saturated heterocycles. The number of nitrogens with zero attached hydrogens (tertiary/aromatic N) is 4. The van der Waals surface area contributed by atoms with Crippen LogP contribution in [0.4, 0.5) is 0 Å². The lowest BCUT2D eigenvalue weighted by Crippen LogP contribution is -2.29. The van der Waals surface area contributed by atoms with Crippen molar-refractivity contribution >= 4 is 5.91 Å². The Morgan fingerprint density at radius 2 is 2.11 bits per heavy atom. The van der Waals surface area contributed by atoms with Crippen molar-refractivity contribution in [3.05, 3.63) is 42.5 Å². The minimum absolute atomic E-state index is 0.0476. The molecule has 0 saturated carbocycles. The van der Waals surface area contributed by atoms with Gasteiger partial charge in [0.2, 0.25) is 5.91 Å². The van der Waals surface area contributed by atoms with Gasteiger partial charge < -0.3 is 10.0 Å². The van der Waals surface area contributed by atoms with Crippen LogP contribution in [0.15, 0.2) is 36.9 Å². The number of amides is 1. The van der Waals surface area contributed by atoms with E-state index in [1.807, 2.05) is 0 Å². The summed E-state index contributed by atoms with van der Waals surface area (Å²) in [5.41, 5.74) is 0.960. The molecule has 0 radical (unpaired) electrons. The number of benzene rings is 1. The zero-order valence-electron chi connectivity index (χ0n) is 10.0. The van der Waals surface area contributed by atoms with Crippen LogP contribution in [-0.2, 0) is 17.9 Å². The van der Waals surface area contributed by atoms with Crippen molar-refractivity contribution in [1.29, 1.82) is 0 Å². The molecule has 0 aliphatic rings. The first-order valence-corrected chi connectivity index (χ1v) is 5.49. The van der Waals surface area contributed by atoms with Gasteiger partial charge in [-0.2, -0.15) is 5.10 Å². The van der Waals surface area contributed by atoms with Gasteiger partial charge in [0, 0.05) is 13.6 Å². The molecule has 0 bridgehead atoms. The van der Waals surface area contributed by atoms with E-state index < -0.39 is 0 Å². The van der Waals surface area contributed by atoms with Gasteiger partial charge in [0.25, 0.3) is 0 Å². The Balaban J connectivity index is 1.93. The summed E-state index contributed by atoms with van der Waals surface area (Å²) in [6.07, 6.45) is 2.90. The molecule has 0 fully saturated rings. The van der Waals surface area contributed by atoms with Crippen LogP contribution >= 0.6 is 0 Å². The summed E-state index contributed by atoms with van der Waals surface area (Å²) in [4.78, 5) is 17.3. The first kappa shape index (κ1) is 12.1. The molecular formula is C12H14N4O2. The summed E-state index contributed by atoms with van der Waals surface area (Å²) in [5.74, 6) is 0.170. The van der Waals surface area contributed by atoms with Crippen molar-refractivity contribution in [3.8, 4) is 5.75 Å². The second kappa shape index (κ2) is 5.31. The highest BCUT2D eigenvalue weighted by molar-refractivity contribution is 5.75. The first-order valence-electron chi connectivity index (χ1n) is 5.49. The SMILES string of the molecule is CN(Cc1ccc(O)cc1)C(=O)Cn1cncn1. The van der Waals surface area contributed by atoms with E-state index in [2.05, 4.69) is 10.1 Å². The van der Waals surface area contributed by atoms with Crippen LogP contribution in [0.3, 0.4) is 0 Å². The second-order valence-electron chi connectivity index (χ2n) is 4.01. The van der Waals surface area contributed by atoms with Crippen LogP contribution in [0.25, 0.3) is 0 Å². The lowest BCUT2D eigenvalue weighted by atomic mass is 10.2. The van der Waals surface area contributed by atoms with Gasteiger partial charge in [-0.3, -0.25) is 4.79 Å².